The van der Waals surface area contributed by atoms with Crippen molar-refractivity contribution in [3.8, 4) is 0 Å². The summed E-state index contributed by atoms with van der Waals surface area (Å²) in [5, 5.41) is 7.56. The molecule has 0 saturated heterocycles. The SMILES string of the molecule is NC(Cc1ccc(F)c(Cl)c1)c1ccnnc1. The van der Waals surface area contributed by atoms with Crippen LogP contribution in [0.25, 0.3) is 0 Å². The second-order valence-corrected chi connectivity index (χ2v) is 4.14. The highest BCUT2D eigenvalue weighted by atomic mass is 35.5. The molecule has 0 aliphatic carbocycles. The molecule has 1 aromatic carbocycles. The first kappa shape index (κ1) is 12.0. The fraction of sp³-hybridized carbons (Fsp3) is 0.167. The van der Waals surface area contributed by atoms with Crippen LogP contribution in [-0.4, -0.2) is 10.2 Å². The van der Waals surface area contributed by atoms with Gasteiger partial charge in [0.25, 0.3) is 0 Å². The number of nitrogens with two attached hydrogens (primary N) is 1. The summed E-state index contributed by atoms with van der Waals surface area (Å²) in [5.74, 6) is -0.422. The maximum atomic E-state index is 13.0. The molecule has 0 spiro atoms. The zero-order chi connectivity index (χ0) is 12.3. The number of nitrogens with zero attached hydrogens (tertiary/aromatic N) is 2. The Morgan fingerprint density at radius 2 is 2.12 bits per heavy atom. The maximum absolute atomic E-state index is 13.0. The van der Waals surface area contributed by atoms with E-state index in [-0.39, 0.29) is 11.1 Å². The van der Waals surface area contributed by atoms with Crippen LogP contribution in [0.4, 0.5) is 4.39 Å². The van der Waals surface area contributed by atoms with Crippen LogP contribution in [0.1, 0.15) is 17.2 Å². The first-order chi connectivity index (χ1) is 8.16. The average Bonchev–Trinajstić information content (AvgIpc) is 2.35. The lowest BCUT2D eigenvalue weighted by Crippen LogP contribution is -2.13. The lowest BCUT2D eigenvalue weighted by Gasteiger charge is -2.11. The molecule has 1 heterocycles. The zero-order valence-electron chi connectivity index (χ0n) is 8.98. The van der Waals surface area contributed by atoms with Gasteiger partial charge in [-0.2, -0.15) is 10.2 Å². The standard InChI is InChI=1S/C12H11ClFN3/c13-10-5-8(1-2-11(10)14)6-12(15)9-3-4-16-17-7-9/h1-5,7,12H,6,15H2. The summed E-state index contributed by atoms with van der Waals surface area (Å²) in [6.45, 7) is 0. The summed E-state index contributed by atoms with van der Waals surface area (Å²) in [4.78, 5) is 0. The van der Waals surface area contributed by atoms with Gasteiger partial charge in [-0.1, -0.05) is 17.7 Å². The van der Waals surface area contributed by atoms with Crippen LogP contribution in [0.2, 0.25) is 5.02 Å². The van der Waals surface area contributed by atoms with E-state index in [1.165, 1.54) is 6.07 Å². The summed E-state index contributed by atoms with van der Waals surface area (Å²) in [5.41, 5.74) is 7.79. The third-order valence-electron chi connectivity index (χ3n) is 2.47. The van der Waals surface area contributed by atoms with Gasteiger partial charge in [-0.05, 0) is 35.7 Å². The molecular formula is C12H11ClFN3. The normalized spacial score (nSPS) is 12.4. The van der Waals surface area contributed by atoms with Crippen molar-refractivity contribution in [2.24, 2.45) is 5.73 Å². The smallest absolute Gasteiger partial charge is 0.141 e. The third-order valence-corrected chi connectivity index (χ3v) is 2.76. The first-order valence-corrected chi connectivity index (χ1v) is 5.50. The Bertz CT molecular complexity index is 504. The molecule has 88 valence electrons. The number of benzene rings is 1. The average molecular weight is 252 g/mol. The number of hydrogen-bond donors (Lipinski definition) is 1. The van der Waals surface area contributed by atoms with Gasteiger partial charge in [-0.15, -0.1) is 0 Å². The van der Waals surface area contributed by atoms with Crippen molar-refractivity contribution >= 4 is 11.6 Å². The van der Waals surface area contributed by atoms with E-state index in [1.54, 1.807) is 24.5 Å². The Balaban J connectivity index is 2.13. The Morgan fingerprint density at radius 3 is 2.76 bits per heavy atom. The van der Waals surface area contributed by atoms with E-state index in [4.69, 9.17) is 17.3 Å². The minimum atomic E-state index is -0.422. The van der Waals surface area contributed by atoms with Gasteiger partial charge in [0.2, 0.25) is 0 Å². The van der Waals surface area contributed by atoms with Crippen molar-refractivity contribution in [1.82, 2.24) is 10.2 Å². The van der Waals surface area contributed by atoms with Crippen molar-refractivity contribution in [3.05, 3.63) is 58.6 Å². The maximum Gasteiger partial charge on any atom is 0.141 e. The van der Waals surface area contributed by atoms with E-state index in [2.05, 4.69) is 10.2 Å². The Kier molecular flexibility index (Phi) is 3.66. The molecule has 0 aliphatic rings. The van der Waals surface area contributed by atoms with E-state index in [1.807, 2.05) is 6.07 Å². The molecule has 2 aromatic rings. The Hall–Kier alpha value is -1.52. The second kappa shape index (κ2) is 5.21. The lowest BCUT2D eigenvalue weighted by molar-refractivity contribution is 0.626. The van der Waals surface area contributed by atoms with E-state index >= 15 is 0 Å². The molecule has 1 unspecified atom stereocenters. The molecule has 0 bridgehead atoms. The Labute approximate surface area is 103 Å². The monoisotopic (exact) mass is 251 g/mol. The molecule has 0 amide bonds. The fourth-order valence-electron chi connectivity index (χ4n) is 1.56. The van der Waals surface area contributed by atoms with Gasteiger partial charge < -0.3 is 5.73 Å². The molecule has 0 radical (unpaired) electrons. The highest BCUT2D eigenvalue weighted by Crippen LogP contribution is 2.20. The summed E-state index contributed by atoms with van der Waals surface area (Å²) in [7, 11) is 0. The molecule has 0 saturated carbocycles. The van der Waals surface area contributed by atoms with Crippen LogP contribution in [0.15, 0.2) is 36.7 Å². The Morgan fingerprint density at radius 1 is 1.29 bits per heavy atom. The molecule has 1 aromatic heterocycles. The molecule has 2 N–H and O–H groups in total. The molecular weight excluding hydrogens is 241 g/mol. The predicted octanol–water partition coefficient (Wildman–Crippen LogP) is 2.51. The van der Waals surface area contributed by atoms with Crippen molar-refractivity contribution < 1.29 is 4.39 Å². The minimum absolute atomic E-state index is 0.113. The summed E-state index contributed by atoms with van der Waals surface area (Å²) >= 11 is 5.71. The van der Waals surface area contributed by atoms with Gasteiger partial charge in [0, 0.05) is 12.2 Å². The molecule has 1 atom stereocenters. The first-order valence-electron chi connectivity index (χ1n) is 5.13. The van der Waals surface area contributed by atoms with E-state index in [0.717, 1.165) is 11.1 Å². The van der Waals surface area contributed by atoms with E-state index < -0.39 is 5.82 Å². The molecule has 17 heavy (non-hydrogen) atoms. The number of hydrogen-bond acceptors (Lipinski definition) is 3. The molecule has 0 fully saturated rings. The van der Waals surface area contributed by atoms with Crippen molar-refractivity contribution in [2.45, 2.75) is 12.5 Å². The number of aromatic nitrogens is 2. The zero-order valence-corrected chi connectivity index (χ0v) is 9.73. The summed E-state index contributed by atoms with van der Waals surface area (Å²) < 4.78 is 13.0. The lowest BCUT2D eigenvalue weighted by atomic mass is 10.0. The fourth-order valence-corrected chi connectivity index (χ4v) is 1.76. The molecule has 3 nitrogen and oxygen atoms in total. The molecule has 5 heteroatoms. The highest BCUT2D eigenvalue weighted by Gasteiger charge is 2.08. The van der Waals surface area contributed by atoms with Crippen LogP contribution in [0.5, 0.6) is 0 Å². The van der Waals surface area contributed by atoms with Gasteiger partial charge >= 0.3 is 0 Å². The highest BCUT2D eigenvalue weighted by molar-refractivity contribution is 6.30. The van der Waals surface area contributed by atoms with Crippen molar-refractivity contribution in [2.75, 3.05) is 0 Å². The van der Waals surface area contributed by atoms with E-state index in [9.17, 15) is 4.39 Å². The van der Waals surface area contributed by atoms with Crippen LogP contribution in [0.3, 0.4) is 0 Å². The predicted molar refractivity (Wildman–Crippen MR) is 64.1 cm³/mol. The number of halogens is 2. The topological polar surface area (TPSA) is 51.8 Å². The minimum Gasteiger partial charge on any atom is -0.324 e. The van der Waals surface area contributed by atoms with Crippen LogP contribution >= 0.6 is 11.6 Å². The van der Waals surface area contributed by atoms with Crippen LogP contribution in [-0.2, 0) is 6.42 Å². The summed E-state index contributed by atoms with van der Waals surface area (Å²) in [6.07, 6.45) is 3.79. The van der Waals surface area contributed by atoms with Gasteiger partial charge in [0.1, 0.15) is 5.82 Å². The van der Waals surface area contributed by atoms with Crippen molar-refractivity contribution in [3.63, 3.8) is 0 Å². The van der Waals surface area contributed by atoms with Crippen molar-refractivity contribution in [1.29, 1.82) is 0 Å². The molecule has 0 aliphatic heterocycles. The quantitative estimate of drug-likeness (QED) is 0.912. The third kappa shape index (κ3) is 2.99. The van der Waals surface area contributed by atoms with Crippen LogP contribution in [0, 0.1) is 5.82 Å². The number of rotatable bonds is 3. The van der Waals surface area contributed by atoms with Gasteiger partial charge in [-0.3, -0.25) is 0 Å². The second-order valence-electron chi connectivity index (χ2n) is 3.73. The van der Waals surface area contributed by atoms with E-state index in [0.29, 0.717) is 6.42 Å². The summed E-state index contributed by atoms with van der Waals surface area (Å²) in [6, 6.07) is 6.21. The van der Waals surface area contributed by atoms with Gasteiger partial charge in [0.15, 0.2) is 0 Å². The largest absolute Gasteiger partial charge is 0.324 e. The van der Waals surface area contributed by atoms with Gasteiger partial charge in [-0.25, -0.2) is 4.39 Å². The van der Waals surface area contributed by atoms with Gasteiger partial charge in [0.05, 0.1) is 11.2 Å². The molecule has 2 rings (SSSR count). The van der Waals surface area contributed by atoms with Crippen LogP contribution < -0.4 is 5.73 Å².